The summed E-state index contributed by atoms with van der Waals surface area (Å²) >= 11 is 3.62. The zero-order chi connectivity index (χ0) is 33.0. The smallest absolute Gasteiger partial charge is 0.165 e. The van der Waals surface area contributed by atoms with E-state index in [1.807, 2.05) is 29.5 Å². The predicted octanol–water partition coefficient (Wildman–Crippen LogP) is 12.9. The van der Waals surface area contributed by atoms with Crippen LogP contribution in [-0.4, -0.2) is 15.0 Å². The lowest BCUT2D eigenvalue weighted by atomic mass is 9.95. The van der Waals surface area contributed by atoms with Gasteiger partial charge in [0.05, 0.1) is 0 Å². The van der Waals surface area contributed by atoms with Gasteiger partial charge in [0.25, 0.3) is 0 Å². The van der Waals surface area contributed by atoms with E-state index >= 15 is 0 Å². The Hall–Kier alpha value is -6.01. The van der Waals surface area contributed by atoms with Crippen molar-refractivity contribution in [3.63, 3.8) is 0 Å². The third-order valence-electron chi connectivity index (χ3n) is 9.34. The van der Waals surface area contributed by atoms with E-state index in [0.717, 1.165) is 16.7 Å². The van der Waals surface area contributed by atoms with E-state index in [2.05, 4.69) is 146 Å². The molecule has 7 aromatic carbocycles. The van der Waals surface area contributed by atoms with Crippen LogP contribution in [0.15, 0.2) is 164 Å². The molecule has 10 aromatic rings. The van der Waals surface area contributed by atoms with Crippen molar-refractivity contribution >= 4 is 63.0 Å². The summed E-state index contributed by atoms with van der Waals surface area (Å²) in [7, 11) is 0. The molecule has 0 spiro atoms. The van der Waals surface area contributed by atoms with E-state index in [1.54, 1.807) is 11.3 Å². The number of hydrogen-bond acceptors (Lipinski definition) is 5. The fourth-order valence-corrected chi connectivity index (χ4v) is 9.46. The van der Waals surface area contributed by atoms with Crippen LogP contribution in [0.5, 0.6) is 0 Å². The Kier molecular flexibility index (Phi) is 6.86. The van der Waals surface area contributed by atoms with Crippen LogP contribution in [0, 0.1) is 0 Å². The van der Waals surface area contributed by atoms with Crippen molar-refractivity contribution in [1.82, 2.24) is 15.0 Å². The number of thiophene rings is 2. The fraction of sp³-hybridized carbons (Fsp3) is 0. The molecule has 0 aliphatic carbocycles. The van der Waals surface area contributed by atoms with E-state index in [9.17, 15) is 0 Å². The molecule has 3 aromatic heterocycles. The van der Waals surface area contributed by atoms with Gasteiger partial charge in [-0.2, -0.15) is 0 Å². The van der Waals surface area contributed by atoms with Gasteiger partial charge in [0, 0.05) is 62.6 Å². The van der Waals surface area contributed by atoms with Gasteiger partial charge in [0.1, 0.15) is 0 Å². The highest BCUT2D eigenvalue weighted by Gasteiger charge is 2.21. The van der Waals surface area contributed by atoms with E-state index in [-0.39, 0.29) is 0 Å². The molecule has 3 heterocycles. The Bertz CT molecular complexity index is 2860. The molecule has 0 saturated carbocycles. The lowest BCUT2D eigenvalue weighted by Gasteiger charge is -2.11. The van der Waals surface area contributed by atoms with Crippen molar-refractivity contribution in [3.05, 3.63) is 164 Å². The number of nitrogens with zero attached hydrogens (tertiary/aromatic N) is 3. The minimum absolute atomic E-state index is 0.662. The normalized spacial score (nSPS) is 11.6. The molecule has 234 valence electrons. The molecule has 0 aliphatic heterocycles. The van der Waals surface area contributed by atoms with Crippen molar-refractivity contribution in [2.45, 2.75) is 0 Å². The van der Waals surface area contributed by atoms with E-state index < -0.39 is 0 Å². The number of aromatic nitrogens is 3. The van der Waals surface area contributed by atoms with Gasteiger partial charge in [-0.3, -0.25) is 0 Å². The third kappa shape index (κ3) is 4.82. The number of rotatable bonds is 5. The Labute approximate surface area is 296 Å². The van der Waals surface area contributed by atoms with Crippen LogP contribution >= 0.6 is 22.7 Å². The summed E-state index contributed by atoms with van der Waals surface area (Å²) in [6.45, 7) is 0. The van der Waals surface area contributed by atoms with Gasteiger partial charge >= 0.3 is 0 Å². The van der Waals surface area contributed by atoms with E-state index in [4.69, 9.17) is 15.0 Å². The summed E-state index contributed by atoms with van der Waals surface area (Å²) in [5.74, 6) is 2.01. The second-order valence-corrected chi connectivity index (χ2v) is 14.5. The van der Waals surface area contributed by atoms with Crippen molar-refractivity contribution < 1.29 is 0 Å². The molecular weight excluding hydrogens is 647 g/mol. The summed E-state index contributed by atoms with van der Waals surface area (Å²) in [5, 5.41) is 4.85. The number of hydrogen-bond donors (Lipinski definition) is 0. The Balaban J connectivity index is 1.27. The lowest BCUT2D eigenvalue weighted by Crippen LogP contribution is -2.00. The first-order valence-corrected chi connectivity index (χ1v) is 18.2. The van der Waals surface area contributed by atoms with Crippen molar-refractivity contribution in [2.75, 3.05) is 0 Å². The standard InChI is InChI=1S/C45H27N3S2/c1-4-14-28(15-5-1)31-26-36(29-16-6-2-7-17-29)42-37(27-31)40-34(22-13-25-39(40)50-42)44-46-43(30-18-8-3-9-19-30)47-45(48-44)35-23-12-21-33-32-20-10-11-24-38(32)49-41(33)35/h1-27H. The molecule has 3 nitrogen and oxygen atoms in total. The average molecular weight is 674 g/mol. The average Bonchev–Trinajstić information content (AvgIpc) is 3.77. The minimum atomic E-state index is 0.662. The molecule has 10 rings (SSSR count). The fourth-order valence-electron chi connectivity index (χ4n) is 7.00. The SMILES string of the molecule is c1ccc(-c2cc(-c3ccccc3)c3sc4cccc(-c5nc(-c6ccccc6)nc(-c6cccc7c6sc6ccccc67)n5)c4c3c2)cc1. The molecule has 0 N–H and O–H groups in total. The van der Waals surface area contributed by atoms with E-state index in [0.29, 0.717) is 17.5 Å². The first kappa shape index (κ1) is 29.0. The van der Waals surface area contributed by atoms with Gasteiger partial charge < -0.3 is 0 Å². The van der Waals surface area contributed by atoms with Gasteiger partial charge in [0.2, 0.25) is 0 Å². The molecule has 0 fully saturated rings. The van der Waals surface area contributed by atoms with Crippen LogP contribution in [0.4, 0.5) is 0 Å². The largest absolute Gasteiger partial charge is 0.208 e. The van der Waals surface area contributed by atoms with Crippen LogP contribution in [-0.2, 0) is 0 Å². The van der Waals surface area contributed by atoms with Gasteiger partial charge in [0.15, 0.2) is 17.5 Å². The molecule has 0 atom stereocenters. The molecular formula is C45H27N3S2. The number of fused-ring (bicyclic) bond motifs is 6. The van der Waals surface area contributed by atoms with Gasteiger partial charge in [-0.15, -0.1) is 22.7 Å². The van der Waals surface area contributed by atoms with Crippen LogP contribution < -0.4 is 0 Å². The number of benzene rings is 7. The van der Waals surface area contributed by atoms with Crippen molar-refractivity contribution in [2.24, 2.45) is 0 Å². The second-order valence-electron chi connectivity index (χ2n) is 12.4. The zero-order valence-corrected chi connectivity index (χ0v) is 28.4. The Morgan fingerprint density at radius 2 is 0.860 bits per heavy atom. The summed E-state index contributed by atoms with van der Waals surface area (Å²) in [6.07, 6.45) is 0. The van der Waals surface area contributed by atoms with Gasteiger partial charge in [-0.1, -0.05) is 133 Å². The van der Waals surface area contributed by atoms with Gasteiger partial charge in [-0.05, 0) is 47.0 Å². The van der Waals surface area contributed by atoms with Crippen LogP contribution in [0.3, 0.4) is 0 Å². The Morgan fingerprint density at radius 1 is 0.320 bits per heavy atom. The van der Waals surface area contributed by atoms with Crippen LogP contribution in [0.25, 0.3) is 96.8 Å². The zero-order valence-electron chi connectivity index (χ0n) is 26.7. The quantitative estimate of drug-likeness (QED) is 0.182. The molecule has 0 unspecified atom stereocenters. The van der Waals surface area contributed by atoms with E-state index in [1.165, 1.54) is 62.6 Å². The van der Waals surface area contributed by atoms with Crippen LogP contribution in [0.2, 0.25) is 0 Å². The molecule has 0 amide bonds. The maximum absolute atomic E-state index is 5.31. The molecule has 0 saturated heterocycles. The lowest BCUT2D eigenvalue weighted by molar-refractivity contribution is 1.08. The molecule has 50 heavy (non-hydrogen) atoms. The molecule has 5 heteroatoms. The maximum atomic E-state index is 5.31. The summed E-state index contributed by atoms with van der Waals surface area (Å²) in [6, 6.07) is 57.8. The second kappa shape index (κ2) is 11.8. The summed E-state index contributed by atoms with van der Waals surface area (Å²) < 4.78 is 4.90. The first-order chi connectivity index (χ1) is 24.8. The molecule has 0 bridgehead atoms. The highest BCUT2D eigenvalue weighted by Crippen LogP contribution is 2.46. The summed E-state index contributed by atoms with van der Waals surface area (Å²) in [4.78, 5) is 15.7. The molecule has 0 aliphatic rings. The topological polar surface area (TPSA) is 38.7 Å². The first-order valence-electron chi connectivity index (χ1n) is 16.6. The van der Waals surface area contributed by atoms with Crippen LogP contribution in [0.1, 0.15) is 0 Å². The highest BCUT2D eigenvalue weighted by molar-refractivity contribution is 7.26. The maximum Gasteiger partial charge on any atom is 0.165 e. The van der Waals surface area contributed by atoms with Gasteiger partial charge in [-0.25, -0.2) is 15.0 Å². The minimum Gasteiger partial charge on any atom is -0.208 e. The highest BCUT2D eigenvalue weighted by atomic mass is 32.1. The van der Waals surface area contributed by atoms with Crippen molar-refractivity contribution in [1.29, 1.82) is 0 Å². The predicted molar refractivity (Wildman–Crippen MR) is 213 cm³/mol. The third-order valence-corrected chi connectivity index (χ3v) is 11.8. The van der Waals surface area contributed by atoms with Crippen molar-refractivity contribution in [3.8, 4) is 56.4 Å². The summed E-state index contributed by atoms with van der Waals surface area (Å²) in [5.41, 5.74) is 7.78. The molecule has 0 radical (unpaired) electrons. The Morgan fingerprint density at radius 3 is 1.64 bits per heavy atom. The monoisotopic (exact) mass is 673 g/mol.